The summed E-state index contributed by atoms with van der Waals surface area (Å²) < 4.78 is 22.5. The molecular weight excluding hydrogens is 352 g/mol. The summed E-state index contributed by atoms with van der Waals surface area (Å²) in [7, 11) is 1.47. The molecule has 0 radical (unpaired) electrons. The molecule has 0 aromatic heterocycles. The standard InChI is InChI=1S/C16H21ClN2O4S/c1-12(2)15(20)18-8-3-9-19(11-10-18)16(21)13-4-6-14(7-5-13)24(17,22)23/h4-7,12H,3,8-11H2,1-2H3. The molecule has 0 N–H and O–H groups in total. The Morgan fingerprint density at radius 2 is 1.54 bits per heavy atom. The normalized spacial score (nSPS) is 16.2. The van der Waals surface area contributed by atoms with Gasteiger partial charge in [-0.05, 0) is 30.7 Å². The van der Waals surface area contributed by atoms with Gasteiger partial charge in [0.05, 0.1) is 4.90 Å². The van der Waals surface area contributed by atoms with E-state index < -0.39 is 9.05 Å². The van der Waals surface area contributed by atoms with Crippen molar-refractivity contribution in [2.75, 3.05) is 26.2 Å². The van der Waals surface area contributed by atoms with Crippen molar-refractivity contribution in [2.45, 2.75) is 25.2 Å². The highest BCUT2D eigenvalue weighted by Crippen LogP contribution is 2.17. The van der Waals surface area contributed by atoms with Crippen LogP contribution >= 0.6 is 10.7 Å². The lowest BCUT2D eigenvalue weighted by molar-refractivity contribution is -0.134. The van der Waals surface area contributed by atoms with Crippen LogP contribution in [0.2, 0.25) is 0 Å². The summed E-state index contributed by atoms with van der Waals surface area (Å²) in [6.45, 7) is 5.91. The maximum absolute atomic E-state index is 12.6. The lowest BCUT2D eigenvalue weighted by Crippen LogP contribution is -2.38. The minimum Gasteiger partial charge on any atom is -0.341 e. The molecule has 8 heteroatoms. The van der Waals surface area contributed by atoms with Crippen molar-refractivity contribution in [1.82, 2.24) is 9.80 Å². The lowest BCUT2D eigenvalue weighted by atomic mass is 10.2. The largest absolute Gasteiger partial charge is 0.341 e. The van der Waals surface area contributed by atoms with Crippen molar-refractivity contribution in [3.05, 3.63) is 29.8 Å². The van der Waals surface area contributed by atoms with E-state index in [1.54, 1.807) is 9.80 Å². The molecule has 0 unspecified atom stereocenters. The molecule has 1 aromatic carbocycles. The van der Waals surface area contributed by atoms with Gasteiger partial charge in [-0.2, -0.15) is 0 Å². The molecule has 0 saturated carbocycles. The van der Waals surface area contributed by atoms with E-state index in [2.05, 4.69) is 0 Å². The molecule has 2 rings (SSSR count). The van der Waals surface area contributed by atoms with Crippen LogP contribution in [0.25, 0.3) is 0 Å². The van der Waals surface area contributed by atoms with Crippen LogP contribution in [-0.4, -0.2) is 56.2 Å². The minimum absolute atomic E-state index is 0.0368. The summed E-state index contributed by atoms with van der Waals surface area (Å²) in [5.74, 6) is -0.134. The average molecular weight is 373 g/mol. The van der Waals surface area contributed by atoms with Crippen LogP contribution in [0.5, 0.6) is 0 Å². The molecule has 0 bridgehead atoms. The third-order valence-corrected chi connectivity index (χ3v) is 5.34. The van der Waals surface area contributed by atoms with E-state index in [9.17, 15) is 18.0 Å². The Labute approximate surface area is 146 Å². The second kappa shape index (κ2) is 7.53. The number of rotatable bonds is 3. The molecule has 1 saturated heterocycles. The zero-order valence-electron chi connectivity index (χ0n) is 13.7. The van der Waals surface area contributed by atoms with Gasteiger partial charge in [-0.1, -0.05) is 13.8 Å². The third kappa shape index (κ3) is 4.48. The fourth-order valence-corrected chi connectivity index (χ4v) is 3.42. The monoisotopic (exact) mass is 372 g/mol. The van der Waals surface area contributed by atoms with Gasteiger partial charge >= 0.3 is 0 Å². The summed E-state index contributed by atoms with van der Waals surface area (Å²) in [5, 5.41) is 0. The topological polar surface area (TPSA) is 74.8 Å². The van der Waals surface area contributed by atoms with Crippen LogP contribution in [-0.2, 0) is 13.8 Å². The van der Waals surface area contributed by atoms with Gasteiger partial charge in [-0.3, -0.25) is 9.59 Å². The van der Waals surface area contributed by atoms with E-state index in [0.29, 0.717) is 31.7 Å². The molecule has 1 aliphatic heterocycles. The third-order valence-electron chi connectivity index (χ3n) is 3.97. The van der Waals surface area contributed by atoms with E-state index >= 15 is 0 Å². The van der Waals surface area contributed by atoms with Crippen molar-refractivity contribution < 1.29 is 18.0 Å². The number of hydrogen-bond acceptors (Lipinski definition) is 4. The first-order chi connectivity index (χ1) is 11.2. The Hall–Kier alpha value is -1.60. The summed E-state index contributed by atoms with van der Waals surface area (Å²) in [6, 6.07) is 5.56. The molecular formula is C16H21ClN2O4S. The Balaban J connectivity index is 2.06. The van der Waals surface area contributed by atoms with Crippen molar-refractivity contribution in [2.24, 2.45) is 5.92 Å². The van der Waals surface area contributed by atoms with Crippen LogP contribution in [0.1, 0.15) is 30.6 Å². The second-order valence-corrected chi connectivity index (χ2v) is 8.65. The van der Waals surface area contributed by atoms with Crippen molar-refractivity contribution in [1.29, 1.82) is 0 Å². The first kappa shape index (κ1) is 18.7. The summed E-state index contributed by atoms with van der Waals surface area (Å²) >= 11 is 0. The van der Waals surface area contributed by atoms with Gasteiger partial charge in [-0.15, -0.1) is 0 Å². The van der Waals surface area contributed by atoms with Crippen LogP contribution in [0, 0.1) is 5.92 Å². The first-order valence-electron chi connectivity index (χ1n) is 7.83. The predicted octanol–water partition coefficient (Wildman–Crippen LogP) is 1.94. The highest BCUT2D eigenvalue weighted by atomic mass is 35.7. The van der Waals surface area contributed by atoms with Gasteiger partial charge in [0.15, 0.2) is 0 Å². The van der Waals surface area contributed by atoms with Gasteiger partial charge in [0.1, 0.15) is 0 Å². The Morgan fingerprint density at radius 1 is 1.00 bits per heavy atom. The predicted molar refractivity (Wildman–Crippen MR) is 91.4 cm³/mol. The molecule has 0 aliphatic carbocycles. The minimum atomic E-state index is -3.80. The zero-order chi connectivity index (χ0) is 17.9. The summed E-state index contributed by atoms with van der Waals surface area (Å²) in [4.78, 5) is 28.1. The number of hydrogen-bond donors (Lipinski definition) is 0. The van der Waals surface area contributed by atoms with E-state index in [0.717, 1.165) is 6.42 Å². The smallest absolute Gasteiger partial charge is 0.261 e. The van der Waals surface area contributed by atoms with Gasteiger partial charge in [-0.25, -0.2) is 8.42 Å². The SMILES string of the molecule is CC(C)C(=O)N1CCCN(C(=O)c2ccc(S(=O)(=O)Cl)cc2)CC1. The van der Waals surface area contributed by atoms with Gasteiger partial charge in [0.2, 0.25) is 5.91 Å². The molecule has 2 amide bonds. The molecule has 132 valence electrons. The molecule has 0 atom stereocenters. The number of nitrogens with zero attached hydrogens (tertiary/aromatic N) is 2. The number of halogens is 1. The zero-order valence-corrected chi connectivity index (χ0v) is 15.3. The van der Waals surface area contributed by atoms with Crippen LogP contribution < -0.4 is 0 Å². The molecule has 1 aliphatic rings. The van der Waals surface area contributed by atoms with Gasteiger partial charge in [0, 0.05) is 48.3 Å². The van der Waals surface area contributed by atoms with E-state index in [4.69, 9.17) is 10.7 Å². The second-order valence-electron chi connectivity index (χ2n) is 6.09. The van der Waals surface area contributed by atoms with Crippen LogP contribution in [0.3, 0.4) is 0 Å². The lowest BCUT2D eigenvalue weighted by Gasteiger charge is -2.23. The van der Waals surface area contributed by atoms with Crippen LogP contribution in [0.15, 0.2) is 29.2 Å². The quantitative estimate of drug-likeness (QED) is 0.760. The molecule has 1 heterocycles. The fraction of sp³-hybridized carbons (Fsp3) is 0.500. The van der Waals surface area contributed by atoms with E-state index in [1.165, 1.54) is 24.3 Å². The van der Waals surface area contributed by atoms with Crippen molar-refractivity contribution >= 4 is 31.5 Å². The molecule has 0 spiro atoms. The molecule has 24 heavy (non-hydrogen) atoms. The van der Waals surface area contributed by atoms with E-state index in [-0.39, 0.29) is 22.6 Å². The van der Waals surface area contributed by atoms with Crippen molar-refractivity contribution in [3.8, 4) is 0 Å². The fourth-order valence-electron chi connectivity index (χ4n) is 2.65. The average Bonchev–Trinajstić information content (AvgIpc) is 2.78. The molecule has 1 aromatic rings. The summed E-state index contributed by atoms with van der Waals surface area (Å²) in [5.41, 5.74) is 0.405. The molecule has 6 nitrogen and oxygen atoms in total. The maximum Gasteiger partial charge on any atom is 0.261 e. The number of carbonyl (C=O) groups is 2. The number of carbonyl (C=O) groups excluding carboxylic acids is 2. The Morgan fingerprint density at radius 3 is 2.08 bits per heavy atom. The van der Waals surface area contributed by atoms with Crippen molar-refractivity contribution in [3.63, 3.8) is 0 Å². The van der Waals surface area contributed by atoms with E-state index in [1.807, 2.05) is 13.8 Å². The van der Waals surface area contributed by atoms with Crippen LogP contribution in [0.4, 0.5) is 0 Å². The number of benzene rings is 1. The number of amides is 2. The van der Waals surface area contributed by atoms with Gasteiger partial charge < -0.3 is 9.80 Å². The Kier molecular flexibility index (Phi) is 5.87. The summed E-state index contributed by atoms with van der Waals surface area (Å²) in [6.07, 6.45) is 0.721. The highest BCUT2D eigenvalue weighted by molar-refractivity contribution is 8.13. The highest BCUT2D eigenvalue weighted by Gasteiger charge is 2.24. The molecule has 1 fully saturated rings. The first-order valence-corrected chi connectivity index (χ1v) is 10.1. The Bertz CT molecular complexity index is 716. The maximum atomic E-state index is 12.6. The van der Waals surface area contributed by atoms with Gasteiger partial charge in [0.25, 0.3) is 15.0 Å².